The van der Waals surface area contributed by atoms with Gasteiger partial charge in [0.05, 0.1) is 4.92 Å². The highest BCUT2D eigenvalue weighted by Gasteiger charge is 2.06. The first-order valence-electron chi connectivity index (χ1n) is 5.31. The third-order valence-corrected chi connectivity index (χ3v) is 2.91. The van der Waals surface area contributed by atoms with Crippen LogP contribution in [-0.2, 0) is 0 Å². The first-order valence-corrected chi connectivity index (χ1v) is 6.30. The Balaban J connectivity index is 2.46. The SMILES string of the molecule is CCCCSC(=O)Nc1ccc([N+](=O)[O-])cc1. The number of nitrogens with one attached hydrogen (secondary N) is 1. The maximum Gasteiger partial charge on any atom is 0.283 e. The van der Waals surface area contributed by atoms with Gasteiger partial charge in [0, 0.05) is 23.6 Å². The molecule has 0 bridgehead atoms. The number of nitrogens with zero attached hydrogens (tertiary/aromatic N) is 1. The van der Waals surface area contributed by atoms with Crippen LogP contribution >= 0.6 is 11.8 Å². The van der Waals surface area contributed by atoms with Crippen LogP contribution in [0.2, 0.25) is 0 Å². The van der Waals surface area contributed by atoms with Crippen molar-refractivity contribution in [1.29, 1.82) is 0 Å². The smallest absolute Gasteiger partial charge is 0.283 e. The van der Waals surface area contributed by atoms with Crippen molar-refractivity contribution in [3.63, 3.8) is 0 Å². The number of nitro benzene ring substituents is 1. The van der Waals surface area contributed by atoms with Gasteiger partial charge in [0.1, 0.15) is 0 Å². The van der Waals surface area contributed by atoms with Gasteiger partial charge in [0.25, 0.3) is 10.9 Å². The number of anilines is 1. The molecule has 0 saturated heterocycles. The topological polar surface area (TPSA) is 72.2 Å². The largest absolute Gasteiger partial charge is 0.317 e. The lowest BCUT2D eigenvalue weighted by atomic mass is 10.3. The predicted octanol–water partition coefficient (Wildman–Crippen LogP) is 3.66. The molecule has 92 valence electrons. The first kappa shape index (κ1) is 13.5. The van der Waals surface area contributed by atoms with E-state index in [-0.39, 0.29) is 10.9 Å². The standard InChI is InChI=1S/C11H14N2O3S/c1-2-3-8-17-11(14)12-9-4-6-10(7-5-9)13(15)16/h4-7H,2-3,8H2,1H3,(H,12,14). The molecule has 0 aromatic heterocycles. The lowest BCUT2D eigenvalue weighted by Crippen LogP contribution is -2.05. The van der Waals surface area contributed by atoms with Gasteiger partial charge in [-0.2, -0.15) is 0 Å². The molecule has 1 rings (SSSR count). The van der Waals surface area contributed by atoms with Crippen LogP contribution in [0.15, 0.2) is 24.3 Å². The van der Waals surface area contributed by atoms with Crippen molar-refractivity contribution in [2.45, 2.75) is 19.8 Å². The van der Waals surface area contributed by atoms with E-state index in [9.17, 15) is 14.9 Å². The zero-order valence-electron chi connectivity index (χ0n) is 9.51. The molecule has 6 heteroatoms. The van der Waals surface area contributed by atoms with Gasteiger partial charge in [-0.05, 0) is 18.6 Å². The fraction of sp³-hybridized carbons (Fsp3) is 0.364. The zero-order chi connectivity index (χ0) is 12.7. The number of non-ortho nitro benzene ring substituents is 1. The number of benzene rings is 1. The number of carbonyl (C=O) groups is 1. The summed E-state index contributed by atoms with van der Waals surface area (Å²) >= 11 is 1.22. The number of hydrogen-bond donors (Lipinski definition) is 1. The van der Waals surface area contributed by atoms with E-state index in [4.69, 9.17) is 0 Å². The van der Waals surface area contributed by atoms with E-state index < -0.39 is 4.92 Å². The molecule has 1 N–H and O–H groups in total. The van der Waals surface area contributed by atoms with Gasteiger partial charge >= 0.3 is 0 Å². The molecule has 1 aromatic rings. The van der Waals surface area contributed by atoms with Crippen LogP contribution in [0.25, 0.3) is 0 Å². The van der Waals surface area contributed by atoms with Crippen LogP contribution in [0.5, 0.6) is 0 Å². The van der Waals surface area contributed by atoms with Gasteiger partial charge in [0.15, 0.2) is 0 Å². The van der Waals surface area contributed by atoms with Crippen LogP contribution in [0.1, 0.15) is 19.8 Å². The number of rotatable bonds is 5. The number of thioether (sulfide) groups is 1. The second-order valence-electron chi connectivity index (χ2n) is 3.42. The highest BCUT2D eigenvalue weighted by atomic mass is 32.2. The summed E-state index contributed by atoms with van der Waals surface area (Å²) in [7, 11) is 0. The third kappa shape index (κ3) is 4.86. The Morgan fingerprint density at radius 2 is 2.06 bits per heavy atom. The van der Waals surface area contributed by atoms with E-state index in [2.05, 4.69) is 12.2 Å². The Hall–Kier alpha value is -1.56. The average Bonchev–Trinajstić information content (AvgIpc) is 2.30. The zero-order valence-corrected chi connectivity index (χ0v) is 10.3. The van der Waals surface area contributed by atoms with Gasteiger partial charge in [-0.25, -0.2) is 0 Å². The van der Waals surface area contributed by atoms with Crippen LogP contribution in [0.4, 0.5) is 16.2 Å². The van der Waals surface area contributed by atoms with Crippen molar-refractivity contribution >= 4 is 28.4 Å². The minimum Gasteiger partial charge on any atom is -0.317 e. The second kappa shape index (κ2) is 6.90. The molecule has 0 heterocycles. The molecule has 5 nitrogen and oxygen atoms in total. The maximum absolute atomic E-state index is 11.4. The van der Waals surface area contributed by atoms with E-state index >= 15 is 0 Å². The van der Waals surface area contributed by atoms with Gasteiger partial charge in [-0.3, -0.25) is 14.9 Å². The van der Waals surface area contributed by atoms with E-state index in [1.165, 1.54) is 36.0 Å². The molecular weight excluding hydrogens is 240 g/mol. The molecule has 17 heavy (non-hydrogen) atoms. The van der Waals surface area contributed by atoms with Crippen molar-refractivity contribution in [2.75, 3.05) is 11.1 Å². The summed E-state index contributed by atoms with van der Waals surface area (Å²) in [6.07, 6.45) is 2.05. The number of nitro groups is 1. The van der Waals surface area contributed by atoms with Gasteiger partial charge in [0.2, 0.25) is 0 Å². The molecule has 0 atom stereocenters. The predicted molar refractivity (Wildman–Crippen MR) is 69.5 cm³/mol. The molecule has 0 unspecified atom stereocenters. The monoisotopic (exact) mass is 254 g/mol. The van der Waals surface area contributed by atoms with E-state index in [0.29, 0.717) is 5.69 Å². The molecule has 0 fully saturated rings. The lowest BCUT2D eigenvalue weighted by molar-refractivity contribution is -0.384. The van der Waals surface area contributed by atoms with Crippen LogP contribution in [-0.4, -0.2) is 15.9 Å². The second-order valence-corrected chi connectivity index (χ2v) is 4.49. The van der Waals surface area contributed by atoms with Crippen molar-refractivity contribution in [3.05, 3.63) is 34.4 Å². The molecular formula is C11H14N2O3S. The molecule has 1 aromatic carbocycles. The number of amides is 1. The van der Waals surface area contributed by atoms with Crippen LogP contribution in [0, 0.1) is 10.1 Å². The molecule has 0 saturated carbocycles. The Kier molecular flexibility index (Phi) is 5.48. The molecule has 1 amide bonds. The van der Waals surface area contributed by atoms with Crippen molar-refractivity contribution < 1.29 is 9.72 Å². The Morgan fingerprint density at radius 1 is 1.41 bits per heavy atom. The van der Waals surface area contributed by atoms with Crippen LogP contribution in [0.3, 0.4) is 0 Å². The fourth-order valence-electron chi connectivity index (χ4n) is 1.13. The number of hydrogen-bond acceptors (Lipinski definition) is 4. The van der Waals surface area contributed by atoms with Crippen molar-refractivity contribution in [1.82, 2.24) is 0 Å². The highest BCUT2D eigenvalue weighted by Crippen LogP contribution is 2.17. The van der Waals surface area contributed by atoms with Crippen molar-refractivity contribution in [2.24, 2.45) is 0 Å². The highest BCUT2D eigenvalue weighted by molar-refractivity contribution is 8.13. The minimum absolute atomic E-state index is 0.0154. The van der Waals surface area contributed by atoms with E-state index in [0.717, 1.165) is 18.6 Å². The quantitative estimate of drug-likeness (QED) is 0.494. The van der Waals surface area contributed by atoms with Gasteiger partial charge in [-0.15, -0.1) is 0 Å². The van der Waals surface area contributed by atoms with Gasteiger partial charge in [-0.1, -0.05) is 25.1 Å². The third-order valence-electron chi connectivity index (χ3n) is 2.06. The normalized spacial score (nSPS) is 9.94. The van der Waals surface area contributed by atoms with E-state index in [1.54, 1.807) is 0 Å². The fourth-order valence-corrected chi connectivity index (χ4v) is 1.94. The Bertz CT molecular complexity index is 392. The minimum atomic E-state index is -0.471. The summed E-state index contributed by atoms with van der Waals surface area (Å²) in [5.41, 5.74) is 0.589. The summed E-state index contributed by atoms with van der Waals surface area (Å²) in [6.45, 7) is 2.06. The first-order chi connectivity index (χ1) is 8.13. The molecule has 0 radical (unpaired) electrons. The Morgan fingerprint density at radius 3 is 2.59 bits per heavy atom. The lowest BCUT2D eigenvalue weighted by Gasteiger charge is -2.03. The summed E-state index contributed by atoms with van der Waals surface area (Å²) in [5.74, 6) is 0.787. The van der Waals surface area contributed by atoms with Gasteiger partial charge < -0.3 is 5.32 Å². The summed E-state index contributed by atoms with van der Waals surface area (Å²) in [4.78, 5) is 21.4. The summed E-state index contributed by atoms with van der Waals surface area (Å²) in [6, 6.07) is 5.78. The van der Waals surface area contributed by atoms with Crippen LogP contribution < -0.4 is 5.32 Å². The molecule has 0 aliphatic rings. The molecule has 0 aliphatic carbocycles. The van der Waals surface area contributed by atoms with Crippen molar-refractivity contribution in [3.8, 4) is 0 Å². The molecule has 0 aliphatic heterocycles. The summed E-state index contributed by atoms with van der Waals surface area (Å²) in [5, 5.41) is 13.0. The summed E-state index contributed by atoms with van der Waals surface area (Å²) < 4.78 is 0. The average molecular weight is 254 g/mol. The number of carbonyl (C=O) groups excluding carboxylic acids is 1. The molecule has 0 spiro atoms. The maximum atomic E-state index is 11.4. The Labute approximate surface area is 104 Å². The van der Waals surface area contributed by atoms with E-state index in [1.807, 2.05) is 0 Å². The number of unbranched alkanes of at least 4 members (excludes halogenated alkanes) is 1.